The number of hydrogen-bond donors (Lipinski definition) is 2. The Balaban J connectivity index is 2.32. The van der Waals surface area contributed by atoms with E-state index in [0.717, 1.165) is 0 Å². The summed E-state index contributed by atoms with van der Waals surface area (Å²) in [5.41, 5.74) is 0.0165. The molecule has 2 N–H and O–H groups in total. The molecular formula is C18H23N3O5S. The Hall–Kier alpha value is -2.81. The van der Waals surface area contributed by atoms with Crippen LogP contribution in [0.15, 0.2) is 41.4 Å². The lowest BCUT2D eigenvalue weighted by Gasteiger charge is -2.22. The number of rotatable bonds is 9. The zero-order chi connectivity index (χ0) is 20.0. The fourth-order valence-corrected chi connectivity index (χ4v) is 3.58. The molecule has 1 aromatic carbocycles. The first-order valence-corrected chi connectivity index (χ1v) is 10.0. The maximum Gasteiger partial charge on any atom is 0.339 e. The molecule has 27 heavy (non-hydrogen) atoms. The van der Waals surface area contributed by atoms with Crippen molar-refractivity contribution in [1.82, 2.24) is 4.98 Å². The van der Waals surface area contributed by atoms with Gasteiger partial charge >= 0.3 is 5.97 Å². The molecule has 0 saturated heterocycles. The van der Waals surface area contributed by atoms with Gasteiger partial charge in [0.1, 0.15) is 17.1 Å². The minimum atomic E-state index is -3.88. The summed E-state index contributed by atoms with van der Waals surface area (Å²) in [5, 5.41) is 9.47. The molecule has 1 aromatic heterocycles. The number of nitrogens with one attached hydrogen (secondary N) is 1. The number of carbonyl (C=O) groups is 1. The van der Waals surface area contributed by atoms with E-state index in [1.807, 2.05) is 20.8 Å². The Labute approximate surface area is 158 Å². The van der Waals surface area contributed by atoms with E-state index >= 15 is 0 Å². The van der Waals surface area contributed by atoms with Crippen molar-refractivity contribution >= 4 is 27.5 Å². The van der Waals surface area contributed by atoms with Crippen LogP contribution < -0.4 is 14.4 Å². The van der Waals surface area contributed by atoms with Crippen molar-refractivity contribution in [3.63, 3.8) is 0 Å². The Bertz CT molecular complexity index is 894. The second-order valence-corrected chi connectivity index (χ2v) is 7.26. The van der Waals surface area contributed by atoms with E-state index in [1.54, 1.807) is 17.0 Å². The predicted molar refractivity (Wildman–Crippen MR) is 103 cm³/mol. The third-order valence-electron chi connectivity index (χ3n) is 3.86. The van der Waals surface area contributed by atoms with E-state index in [2.05, 4.69) is 9.71 Å². The molecule has 0 spiro atoms. The highest BCUT2D eigenvalue weighted by Gasteiger charge is 2.20. The van der Waals surface area contributed by atoms with E-state index in [-0.39, 0.29) is 16.1 Å². The summed E-state index contributed by atoms with van der Waals surface area (Å²) in [6.45, 7) is 7.26. The first-order valence-electron chi connectivity index (χ1n) is 8.56. The molecule has 0 aliphatic heterocycles. The molecule has 2 aromatic rings. The average Bonchev–Trinajstić information content (AvgIpc) is 2.64. The Kier molecular flexibility index (Phi) is 6.62. The Morgan fingerprint density at radius 2 is 1.81 bits per heavy atom. The number of benzene rings is 1. The summed E-state index contributed by atoms with van der Waals surface area (Å²) in [7, 11) is -3.88. The van der Waals surface area contributed by atoms with E-state index in [1.165, 1.54) is 24.4 Å². The smallest absolute Gasteiger partial charge is 0.339 e. The molecule has 0 saturated carbocycles. The van der Waals surface area contributed by atoms with Crippen LogP contribution in [0.1, 0.15) is 31.1 Å². The van der Waals surface area contributed by atoms with Crippen molar-refractivity contribution in [2.75, 3.05) is 29.3 Å². The molecule has 9 heteroatoms. The van der Waals surface area contributed by atoms with Gasteiger partial charge < -0.3 is 14.7 Å². The van der Waals surface area contributed by atoms with Crippen molar-refractivity contribution in [2.45, 2.75) is 25.7 Å². The summed E-state index contributed by atoms with van der Waals surface area (Å²) < 4.78 is 32.8. The lowest BCUT2D eigenvalue weighted by molar-refractivity contribution is 0.0697. The minimum Gasteiger partial charge on any atom is -0.494 e. The first kappa shape index (κ1) is 20.5. The number of sulfonamides is 1. The summed E-state index contributed by atoms with van der Waals surface area (Å²) in [5.74, 6) is -0.308. The third kappa shape index (κ3) is 4.88. The molecule has 146 valence electrons. The van der Waals surface area contributed by atoms with Gasteiger partial charge in [0.2, 0.25) is 0 Å². The summed E-state index contributed by atoms with van der Waals surface area (Å²) in [6.07, 6.45) is 1.31. The highest BCUT2D eigenvalue weighted by Crippen LogP contribution is 2.24. The SMILES string of the molecule is CCOc1ccc(S(=O)(=O)Nc2cnc(N(CC)CC)c(C(=O)O)c2)cc1. The normalized spacial score (nSPS) is 11.1. The van der Waals surface area contributed by atoms with Crippen LogP contribution >= 0.6 is 0 Å². The third-order valence-corrected chi connectivity index (χ3v) is 5.25. The summed E-state index contributed by atoms with van der Waals surface area (Å²) >= 11 is 0. The second kappa shape index (κ2) is 8.72. The monoisotopic (exact) mass is 393 g/mol. The van der Waals surface area contributed by atoms with Crippen LogP contribution in [0.2, 0.25) is 0 Å². The molecule has 0 aliphatic carbocycles. The maximum absolute atomic E-state index is 12.5. The summed E-state index contributed by atoms with van der Waals surface area (Å²) in [4.78, 5) is 17.6. The molecule has 8 nitrogen and oxygen atoms in total. The number of hydrogen-bond acceptors (Lipinski definition) is 6. The average molecular weight is 393 g/mol. The molecule has 0 radical (unpaired) electrons. The highest BCUT2D eigenvalue weighted by atomic mass is 32.2. The highest BCUT2D eigenvalue weighted by molar-refractivity contribution is 7.92. The zero-order valence-electron chi connectivity index (χ0n) is 15.5. The molecule has 1 heterocycles. The van der Waals surface area contributed by atoms with Gasteiger partial charge in [-0.25, -0.2) is 18.2 Å². The van der Waals surface area contributed by atoms with Gasteiger partial charge in [-0.3, -0.25) is 4.72 Å². The van der Waals surface area contributed by atoms with E-state index in [9.17, 15) is 18.3 Å². The van der Waals surface area contributed by atoms with Crippen LogP contribution in [0.5, 0.6) is 5.75 Å². The topological polar surface area (TPSA) is 109 Å². The van der Waals surface area contributed by atoms with Gasteiger partial charge in [-0.2, -0.15) is 0 Å². The molecule has 0 bridgehead atoms. The molecule has 2 rings (SSSR count). The van der Waals surface area contributed by atoms with Crippen LogP contribution in [0.4, 0.5) is 11.5 Å². The number of anilines is 2. The molecule has 0 unspecified atom stereocenters. The van der Waals surface area contributed by atoms with Gasteiger partial charge in [-0.1, -0.05) is 0 Å². The second-order valence-electron chi connectivity index (χ2n) is 5.58. The van der Waals surface area contributed by atoms with E-state index in [0.29, 0.717) is 31.3 Å². The molecular weight excluding hydrogens is 370 g/mol. The Morgan fingerprint density at radius 3 is 2.33 bits per heavy atom. The van der Waals surface area contributed by atoms with E-state index < -0.39 is 16.0 Å². The number of carboxylic acid groups (broad SMARTS) is 1. The van der Waals surface area contributed by atoms with Crippen molar-refractivity contribution in [2.24, 2.45) is 0 Å². The van der Waals surface area contributed by atoms with Crippen LogP contribution in [-0.2, 0) is 10.0 Å². The van der Waals surface area contributed by atoms with Gasteiger partial charge in [0, 0.05) is 13.1 Å². The van der Waals surface area contributed by atoms with Crippen molar-refractivity contribution < 1.29 is 23.1 Å². The zero-order valence-corrected chi connectivity index (χ0v) is 16.3. The Morgan fingerprint density at radius 1 is 1.19 bits per heavy atom. The quantitative estimate of drug-likeness (QED) is 0.674. The van der Waals surface area contributed by atoms with Crippen molar-refractivity contribution in [3.8, 4) is 5.75 Å². The number of pyridine rings is 1. The summed E-state index contributed by atoms with van der Waals surface area (Å²) in [6, 6.07) is 7.23. The first-order chi connectivity index (χ1) is 12.8. The van der Waals surface area contributed by atoms with Crippen LogP contribution in [-0.4, -0.2) is 44.2 Å². The van der Waals surface area contributed by atoms with Crippen LogP contribution in [0, 0.1) is 0 Å². The lowest BCUT2D eigenvalue weighted by Crippen LogP contribution is -2.25. The predicted octanol–water partition coefficient (Wildman–Crippen LogP) is 2.83. The molecule has 0 amide bonds. The van der Waals surface area contributed by atoms with E-state index in [4.69, 9.17) is 4.74 Å². The van der Waals surface area contributed by atoms with Gasteiger partial charge in [-0.05, 0) is 51.1 Å². The van der Waals surface area contributed by atoms with Gasteiger partial charge in [0.05, 0.1) is 23.4 Å². The fourth-order valence-electron chi connectivity index (χ4n) is 2.54. The number of ether oxygens (including phenoxy) is 1. The van der Waals surface area contributed by atoms with Crippen LogP contribution in [0.3, 0.4) is 0 Å². The van der Waals surface area contributed by atoms with Crippen molar-refractivity contribution in [1.29, 1.82) is 0 Å². The van der Waals surface area contributed by atoms with Crippen LogP contribution in [0.25, 0.3) is 0 Å². The molecule has 0 fully saturated rings. The fraction of sp³-hybridized carbons (Fsp3) is 0.333. The number of aromatic nitrogens is 1. The lowest BCUT2D eigenvalue weighted by atomic mass is 10.2. The standard InChI is InChI=1S/C18H23N3O5S/c1-4-21(5-2)17-16(18(22)23)11-13(12-19-17)20-27(24,25)15-9-7-14(8-10-15)26-6-3/h7-12,20H,4-6H2,1-3H3,(H,22,23). The van der Waals surface area contributed by atoms with Gasteiger partial charge in [-0.15, -0.1) is 0 Å². The maximum atomic E-state index is 12.5. The van der Waals surface area contributed by atoms with Crippen molar-refractivity contribution in [3.05, 3.63) is 42.1 Å². The minimum absolute atomic E-state index is 0.0376. The molecule has 0 aliphatic rings. The number of aromatic carboxylic acids is 1. The largest absolute Gasteiger partial charge is 0.494 e. The van der Waals surface area contributed by atoms with Gasteiger partial charge in [0.25, 0.3) is 10.0 Å². The number of nitrogens with zero attached hydrogens (tertiary/aromatic N) is 2. The van der Waals surface area contributed by atoms with Gasteiger partial charge in [0.15, 0.2) is 0 Å². The number of carboxylic acids is 1. The molecule has 0 atom stereocenters.